The Bertz CT molecular complexity index is 1010. The van der Waals surface area contributed by atoms with Crippen molar-refractivity contribution in [2.45, 2.75) is 6.92 Å². The Morgan fingerprint density at radius 2 is 1.96 bits per heavy atom. The number of imidazole rings is 1. The van der Waals surface area contributed by atoms with E-state index in [9.17, 15) is 12.8 Å². The maximum Gasteiger partial charge on any atom is 0.324 e. The molecule has 126 valence electrons. The molecule has 9 heteroatoms. The van der Waals surface area contributed by atoms with Gasteiger partial charge in [-0.05, 0) is 31.2 Å². The number of aromatic nitrogens is 2. The average molecular weight is 351 g/mol. The minimum atomic E-state index is -3.76. The molecule has 0 amide bonds. The van der Waals surface area contributed by atoms with Crippen LogP contribution in [0.3, 0.4) is 0 Å². The van der Waals surface area contributed by atoms with Crippen LogP contribution in [-0.2, 0) is 10.1 Å². The molecule has 0 spiro atoms. The van der Waals surface area contributed by atoms with E-state index in [1.807, 2.05) is 0 Å². The van der Waals surface area contributed by atoms with Gasteiger partial charge in [-0.2, -0.15) is 8.42 Å². The second-order valence-corrected chi connectivity index (χ2v) is 6.71. The van der Waals surface area contributed by atoms with Crippen LogP contribution in [0, 0.1) is 12.7 Å². The van der Waals surface area contributed by atoms with Crippen LogP contribution in [0.4, 0.5) is 10.3 Å². The van der Waals surface area contributed by atoms with Gasteiger partial charge < -0.3 is 10.2 Å². The Hall–Kier alpha value is -2.81. The van der Waals surface area contributed by atoms with Gasteiger partial charge in [0.25, 0.3) is 0 Å². The molecule has 0 radical (unpaired) electrons. The van der Waals surface area contributed by atoms with Gasteiger partial charge in [-0.25, -0.2) is 9.37 Å². The quantitative estimate of drug-likeness (QED) is 0.773. The van der Waals surface area contributed by atoms with Gasteiger partial charge in [0, 0.05) is 5.56 Å². The average Bonchev–Trinajstić information content (AvgIpc) is 3.07. The van der Waals surface area contributed by atoms with E-state index in [-0.39, 0.29) is 11.8 Å². The number of benzene rings is 1. The van der Waals surface area contributed by atoms with Crippen molar-refractivity contribution >= 4 is 16.1 Å². The summed E-state index contributed by atoms with van der Waals surface area (Å²) in [7, 11) is -3.76. The second kappa shape index (κ2) is 5.68. The maximum atomic E-state index is 13.3. The first-order chi connectivity index (χ1) is 11.2. The van der Waals surface area contributed by atoms with Crippen LogP contribution in [0.5, 0.6) is 0 Å². The fourth-order valence-corrected chi connectivity index (χ4v) is 2.69. The number of anilines is 1. The lowest BCUT2D eigenvalue weighted by Crippen LogP contribution is -2.21. The highest BCUT2D eigenvalue weighted by Gasteiger charge is 2.20. The zero-order valence-electron chi connectivity index (χ0n) is 12.9. The Balaban J connectivity index is 2.01. The highest BCUT2D eigenvalue weighted by molar-refractivity contribution is 7.86. The molecule has 2 N–H and O–H groups in total. The van der Waals surface area contributed by atoms with Gasteiger partial charge in [-0.3, -0.25) is 4.28 Å². The van der Waals surface area contributed by atoms with Crippen LogP contribution in [0.1, 0.15) is 5.69 Å². The smallest absolute Gasteiger partial charge is 0.324 e. The summed E-state index contributed by atoms with van der Waals surface area (Å²) in [4.78, 5) is 4.07. The first kappa shape index (κ1) is 16.1. The standard InChI is InChI=1S/C15H14FN3O4S/c1-9-14(18-15(17)19(9)23-24(2,20)21)13-7-6-12(22-13)10-4-3-5-11(16)8-10/h3-8H,1-2H3,(H2,17,18). The molecule has 0 aliphatic carbocycles. The lowest BCUT2D eigenvalue weighted by Gasteiger charge is -2.05. The number of halogens is 1. The molecule has 0 aliphatic rings. The Kier molecular flexibility index (Phi) is 3.80. The summed E-state index contributed by atoms with van der Waals surface area (Å²) in [6, 6.07) is 9.26. The van der Waals surface area contributed by atoms with Gasteiger partial charge in [-0.1, -0.05) is 12.1 Å². The Labute approximate surface area is 137 Å². The number of rotatable bonds is 4. The van der Waals surface area contributed by atoms with E-state index in [0.29, 0.717) is 28.5 Å². The molecular weight excluding hydrogens is 337 g/mol. The third-order valence-corrected chi connectivity index (χ3v) is 3.66. The normalized spacial score (nSPS) is 11.6. The predicted octanol–water partition coefficient (Wildman–Crippen LogP) is 2.23. The SMILES string of the molecule is Cc1c(-c2ccc(-c3cccc(F)c3)o2)nc(N)n1OS(C)(=O)=O. The fraction of sp³-hybridized carbons (Fsp3) is 0.133. The van der Waals surface area contributed by atoms with Crippen molar-refractivity contribution in [1.29, 1.82) is 0 Å². The first-order valence-electron chi connectivity index (χ1n) is 6.85. The van der Waals surface area contributed by atoms with Gasteiger partial charge >= 0.3 is 10.1 Å². The van der Waals surface area contributed by atoms with E-state index in [1.165, 1.54) is 12.1 Å². The zero-order chi connectivity index (χ0) is 17.5. The van der Waals surface area contributed by atoms with Gasteiger partial charge in [0.15, 0.2) is 5.76 Å². The summed E-state index contributed by atoms with van der Waals surface area (Å²) in [6.07, 6.45) is 0.903. The van der Waals surface area contributed by atoms with Crippen LogP contribution in [0.25, 0.3) is 22.8 Å². The van der Waals surface area contributed by atoms with E-state index in [4.69, 9.17) is 14.4 Å². The van der Waals surface area contributed by atoms with Gasteiger partial charge in [0.2, 0.25) is 5.95 Å². The second-order valence-electron chi connectivity index (χ2n) is 5.15. The number of hydrogen-bond donors (Lipinski definition) is 1. The molecule has 0 bridgehead atoms. The molecule has 7 nitrogen and oxygen atoms in total. The fourth-order valence-electron chi connectivity index (χ4n) is 2.23. The molecule has 3 rings (SSSR count). The van der Waals surface area contributed by atoms with Crippen molar-refractivity contribution in [3.05, 3.63) is 47.9 Å². The molecule has 0 fully saturated rings. The first-order valence-corrected chi connectivity index (χ1v) is 8.67. The molecule has 0 saturated heterocycles. The minimum Gasteiger partial charge on any atom is -0.454 e. The summed E-state index contributed by atoms with van der Waals surface area (Å²) in [5, 5.41) is 0. The highest BCUT2D eigenvalue weighted by atomic mass is 32.2. The van der Waals surface area contributed by atoms with Crippen LogP contribution >= 0.6 is 0 Å². The summed E-state index contributed by atoms with van der Waals surface area (Å²) in [5.74, 6) is 0.295. The lowest BCUT2D eigenvalue weighted by molar-refractivity contribution is 0.281. The number of furan rings is 1. The van der Waals surface area contributed by atoms with Gasteiger partial charge in [0.05, 0.1) is 11.9 Å². The van der Waals surface area contributed by atoms with E-state index >= 15 is 0 Å². The zero-order valence-corrected chi connectivity index (χ0v) is 13.7. The molecular formula is C15H14FN3O4S. The Morgan fingerprint density at radius 1 is 1.25 bits per heavy atom. The molecule has 3 aromatic rings. The van der Waals surface area contributed by atoms with Gasteiger partial charge in [0.1, 0.15) is 17.3 Å². The van der Waals surface area contributed by atoms with E-state index in [1.54, 1.807) is 31.2 Å². The van der Waals surface area contributed by atoms with Crippen LogP contribution in [0.2, 0.25) is 0 Å². The molecule has 0 unspecified atom stereocenters. The molecule has 0 aliphatic heterocycles. The van der Waals surface area contributed by atoms with Crippen LogP contribution in [0.15, 0.2) is 40.8 Å². The van der Waals surface area contributed by atoms with Crippen molar-refractivity contribution in [2.24, 2.45) is 0 Å². The number of nitrogen functional groups attached to an aromatic ring is 1. The summed E-state index contributed by atoms with van der Waals surface area (Å²) >= 11 is 0. The summed E-state index contributed by atoms with van der Waals surface area (Å²) < 4.78 is 47.3. The van der Waals surface area contributed by atoms with E-state index in [0.717, 1.165) is 11.0 Å². The molecule has 24 heavy (non-hydrogen) atoms. The number of nitrogens with zero attached hydrogens (tertiary/aromatic N) is 2. The lowest BCUT2D eigenvalue weighted by atomic mass is 10.2. The highest BCUT2D eigenvalue weighted by Crippen LogP contribution is 2.30. The largest absolute Gasteiger partial charge is 0.454 e. The summed E-state index contributed by atoms with van der Waals surface area (Å²) in [6.45, 7) is 1.59. The molecule has 2 heterocycles. The molecule has 0 saturated carbocycles. The molecule has 0 atom stereocenters. The Morgan fingerprint density at radius 3 is 2.62 bits per heavy atom. The maximum absolute atomic E-state index is 13.3. The van der Waals surface area contributed by atoms with E-state index in [2.05, 4.69) is 4.98 Å². The van der Waals surface area contributed by atoms with Crippen LogP contribution in [-0.4, -0.2) is 24.4 Å². The molecule has 1 aromatic carbocycles. The van der Waals surface area contributed by atoms with Crippen molar-refractivity contribution in [1.82, 2.24) is 9.71 Å². The van der Waals surface area contributed by atoms with Gasteiger partial charge in [-0.15, -0.1) is 4.73 Å². The minimum absolute atomic E-state index is 0.128. The third-order valence-electron chi connectivity index (χ3n) is 3.24. The van der Waals surface area contributed by atoms with Crippen molar-refractivity contribution in [2.75, 3.05) is 12.0 Å². The van der Waals surface area contributed by atoms with Crippen molar-refractivity contribution < 1.29 is 21.5 Å². The third kappa shape index (κ3) is 3.11. The topological polar surface area (TPSA) is 100 Å². The predicted molar refractivity (Wildman–Crippen MR) is 85.9 cm³/mol. The number of nitrogens with two attached hydrogens (primary N) is 1. The van der Waals surface area contributed by atoms with Crippen molar-refractivity contribution in [3.8, 4) is 22.8 Å². The monoisotopic (exact) mass is 351 g/mol. The number of hydrogen-bond acceptors (Lipinski definition) is 6. The summed E-state index contributed by atoms with van der Waals surface area (Å²) in [5.41, 5.74) is 6.96. The van der Waals surface area contributed by atoms with Crippen molar-refractivity contribution in [3.63, 3.8) is 0 Å². The van der Waals surface area contributed by atoms with E-state index < -0.39 is 10.1 Å². The molecule has 2 aromatic heterocycles. The van der Waals surface area contributed by atoms with Crippen LogP contribution < -0.4 is 10.0 Å².